The Morgan fingerprint density at radius 1 is 1.13 bits per heavy atom. The molecule has 30 heavy (non-hydrogen) atoms. The van der Waals surface area contributed by atoms with Crippen LogP contribution in [0.5, 0.6) is 0 Å². The highest BCUT2D eigenvalue weighted by Crippen LogP contribution is 2.34. The van der Waals surface area contributed by atoms with E-state index in [1.165, 1.54) is 0 Å². The number of nitrogens with zero attached hydrogens (tertiary/aromatic N) is 5. The molecule has 2 atom stereocenters. The minimum Gasteiger partial charge on any atom is -0.393 e. The van der Waals surface area contributed by atoms with Crippen molar-refractivity contribution >= 4 is 22.5 Å². The molecular weight excluding hydrogens is 402 g/mol. The molecule has 0 spiro atoms. The fourth-order valence-electron chi connectivity index (χ4n) is 4.19. The van der Waals surface area contributed by atoms with Gasteiger partial charge < -0.3 is 5.11 Å². The maximum atomic E-state index is 13.6. The highest BCUT2D eigenvalue weighted by atomic mass is 35.5. The standard InChI is InChI=1S/C22H20ClN5O2/c1-27-12-14(11-25-27)19-20-18(8-9-24-19)22(30)28(16-6-7-17(29)10-16)21(26-20)13-2-4-15(23)5-3-13/h2-5,8-9,11-12,16-17,29H,6-7,10H2,1H3/t16-,17+/m1/s1. The van der Waals surface area contributed by atoms with E-state index in [0.29, 0.717) is 40.3 Å². The van der Waals surface area contributed by atoms with Gasteiger partial charge in [0.2, 0.25) is 0 Å². The number of aryl methyl sites for hydroxylation is 1. The molecular formula is C22H20ClN5O2. The summed E-state index contributed by atoms with van der Waals surface area (Å²) >= 11 is 6.08. The maximum absolute atomic E-state index is 13.6. The zero-order valence-corrected chi connectivity index (χ0v) is 17.1. The topological polar surface area (TPSA) is 85.8 Å². The molecule has 1 aliphatic rings. The summed E-state index contributed by atoms with van der Waals surface area (Å²) in [6.07, 6.45) is 6.73. The highest BCUT2D eigenvalue weighted by Gasteiger charge is 2.29. The summed E-state index contributed by atoms with van der Waals surface area (Å²) in [5, 5.41) is 15.4. The first-order valence-corrected chi connectivity index (χ1v) is 10.2. The van der Waals surface area contributed by atoms with Crippen molar-refractivity contribution in [2.45, 2.75) is 31.4 Å². The van der Waals surface area contributed by atoms with E-state index in [1.807, 2.05) is 25.4 Å². The Labute approximate surface area is 177 Å². The van der Waals surface area contributed by atoms with Gasteiger partial charge in [0.15, 0.2) is 0 Å². The van der Waals surface area contributed by atoms with Crippen molar-refractivity contribution in [3.63, 3.8) is 0 Å². The number of rotatable bonds is 3. The van der Waals surface area contributed by atoms with Gasteiger partial charge in [-0.25, -0.2) is 4.98 Å². The lowest BCUT2D eigenvalue weighted by Crippen LogP contribution is -2.27. The van der Waals surface area contributed by atoms with Crippen LogP contribution in [-0.4, -0.2) is 35.5 Å². The molecule has 8 heteroatoms. The first-order chi connectivity index (χ1) is 14.5. The predicted octanol–water partition coefficient (Wildman–Crippen LogP) is 3.60. The summed E-state index contributed by atoms with van der Waals surface area (Å²) in [5.74, 6) is 0.557. The Kier molecular flexibility index (Phi) is 4.64. The second kappa shape index (κ2) is 7.34. The molecule has 3 aromatic heterocycles. The molecule has 3 heterocycles. The molecule has 0 unspecified atom stereocenters. The van der Waals surface area contributed by atoms with Crippen molar-refractivity contribution < 1.29 is 5.11 Å². The number of fused-ring (bicyclic) bond motifs is 1. The third kappa shape index (κ3) is 3.20. The zero-order chi connectivity index (χ0) is 20.8. The summed E-state index contributed by atoms with van der Waals surface area (Å²) in [4.78, 5) is 23.1. The lowest BCUT2D eigenvalue weighted by atomic mass is 10.1. The van der Waals surface area contributed by atoms with Crippen molar-refractivity contribution in [3.05, 3.63) is 64.3 Å². The number of benzene rings is 1. The highest BCUT2D eigenvalue weighted by molar-refractivity contribution is 6.30. The monoisotopic (exact) mass is 421 g/mol. The summed E-state index contributed by atoms with van der Waals surface area (Å²) in [6, 6.07) is 8.89. The third-order valence-corrected chi connectivity index (χ3v) is 5.89. The third-order valence-electron chi connectivity index (χ3n) is 5.64. The Morgan fingerprint density at radius 2 is 1.93 bits per heavy atom. The summed E-state index contributed by atoms with van der Waals surface area (Å²) in [5.41, 5.74) is 2.62. The Hall–Kier alpha value is -3.03. The number of hydrogen-bond donors (Lipinski definition) is 1. The largest absolute Gasteiger partial charge is 0.393 e. The second-order valence-corrected chi connectivity index (χ2v) is 8.13. The van der Waals surface area contributed by atoms with Crippen molar-refractivity contribution in [1.29, 1.82) is 0 Å². The fourth-order valence-corrected chi connectivity index (χ4v) is 4.32. The molecule has 0 aliphatic heterocycles. The molecule has 1 N–H and O–H groups in total. The number of aliphatic hydroxyl groups excluding tert-OH is 1. The van der Waals surface area contributed by atoms with E-state index in [4.69, 9.17) is 16.6 Å². The van der Waals surface area contributed by atoms with Crippen molar-refractivity contribution in [2.24, 2.45) is 7.05 Å². The van der Waals surface area contributed by atoms with Crippen LogP contribution in [0.1, 0.15) is 25.3 Å². The van der Waals surface area contributed by atoms with E-state index in [1.54, 1.807) is 39.8 Å². The van der Waals surface area contributed by atoms with Crippen LogP contribution in [0.25, 0.3) is 33.5 Å². The van der Waals surface area contributed by atoms with Crippen LogP contribution >= 0.6 is 11.6 Å². The molecule has 7 nitrogen and oxygen atoms in total. The van der Waals surface area contributed by atoms with E-state index < -0.39 is 6.10 Å². The smallest absolute Gasteiger partial charge is 0.262 e. The van der Waals surface area contributed by atoms with Gasteiger partial charge in [0.25, 0.3) is 5.56 Å². The number of aromatic nitrogens is 5. The van der Waals surface area contributed by atoms with Gasteiger partial charge in [0.1, 0.15) is 11.3 Å². The average molecular weight is 422 g/mol. The molecule has 152 valence electrons. The summed E-state index contributed by atoms with van der Waals surface area (Å²) in [7, 11) is 1.83. The molecule has 4 aromatic rings. The molecule has 0 bridgehead atoms. The Bertz CT molecular complexity index is 1300. The summed E-state index contributed by atoms with van der Waals surface area (Å²) in [6.45, 7) is 0. The van der Waals surface area contributed by atoms with Crippen LogP contribution in [-0.2, 0) is 7.05 Å². The average Bonchev–Trinajstić information content (AvgIpc) is 3.36. The predicted molar refractivity (Wildman–Crippen MR) is 115 cm³/mol. The number of pyridine rings is 1. The van der Waals surface area contributed by atoms with Crippen LogP contribution in [0.2, 0.25) is 5.02 Å². The van der Waals surface area contributed by atoms with Gasteiger partial charge in [0.05, 0.1) is 23.4 Å². The molecule has 0 amide bonds. The minimum absolute atomic E-state index is 0.106. The van der Waals surface area contributed by atoms with Crippen molar-refractivity contribution in [2.75, 3.05) is 0 Å². The number of halogens is 1. The zero-order valence-electron chi connectivity index (χ0n) is 16.4. The van der Waals surface area contributed by atoms with Crippen LogP contribution in [0, 0.1) is 0 Å². The molecule has 5 rings (SSSR count). The van der Waals surface area contributed by atoms with E-state index >= 15 is 0 Å². The first kappa shape index (κ1) is 19.0. The lowest BCUT2D eigenvalue weighted by Gasteiger charge is -2.20. The normalized spacial score (nSPS) is 18.9. The van der Waals surface area contributed by atoms with Crippen LogP contribution in [0.15, 0.2) is 53.7 Å². The SMILES string of the molecule is Cn1cc(-c2nccc3c(=O)n([C@@H]4CC[C@H](O)C4)c(-c4ccc(Cl)cc4)nc23)cn1. The van der Waals surface area contributed by atoms with Crippen LogP contribution in [0.4, 0.5) is 0 Å². The first-order valence-electron chi connectivity index (χ1n) is 9.85. The molecule has 0 radical (unpaired) electrons. The van der Waals surface area contributed by atoms with Gasteiger partial charge in [-0.3, -0.25) is 19.0 Å². The molecule has 1 fully saturated rings. The van der Waals surface area contributed by atoms with Gasteiger partial charge in [-0.15, -0.1) is 0 Å². The van der Waals surface area contributed by atoms with Gasteiger partial charge in [0, 0.05) is 41.6 Å². The number of aliphatic hydroxyl groups is 1. The fraction of sp³-hybridized carbons (Fsp3) is 0.273. The van der Waals surface area contributed by atoms with Gasteiger partial charge >= 0.3 is 0 Å². The minimum atomic E-state index is -0.404. The molecule has 1 aliphatic carbocycles. The van der Waals surface area contributed by atoms with E-state index in [0.717, 1.165) is 17.5 Å². The Morgan fingerprint density at radius 3 is 2.60 bits per heavy atom. The van der Waals surface area contributed by atoms with Gasteiger partial charge in [-0.1, -0.05) is 11.6 Å². The van der Waals surface area contributed by atoms with Gasteiger partial charge in [-0.05, 0) is 49.6 Å². The van der Waals surface area contributed by atoms with Gasteiger partial charge in [-0.2, -0.15) is 5.10 Å². The molecule has 1 saturated carbocycles. The van der Waals surface area contributed by atoms with E-state index in [9.17, 15) is 9.90 Å². The quantitative estimate of drug-likeness (QED) is 0.546. The number of hydrogen-bond acceptors (Lipinski definition) is 5. The van der Waals surface area contributed by atoms with Crippen molar-refractivity contribution in [3.8, 4) is 22.6 Å². The van der Waals surface area contributed by atoms with E-state index in [2.05, 4.69) is 10.1 Å². The second-order valence-electron chi connectivity index (χ2n) is 7.70. The lowest BCUT2D eigenvalue weighted by molar-refractivity contribution is 0.178. The Balaban J connectivity index is 1.81. The summed E-state index contributed by atoms with van der Waals surface area (Å²) < 4.78 is 3.42. The van der Waals surface area contributed by atoms with Crippen molar-refractivity contribution in [1.82, 2.24) is 24.3 Å². The molecule has 0 saturated heterocycles. The molecule has 1 aromatic carbocycles. The van der Waals surface area contributed by atoms with E-state index in [-0.39, 0.29) is 11.6 Å². The van der Waals surface area contributed by atoms with Crippen LogP contribution in [0.3, 0.4) is 0 Å². The van der Waals surface area contributed by atoms with Crippen LogP contribution < -0.4 is 5.56 Å². The maximum Gasteiger partial charge on any atom is 0.262 e.